The fraction of sp³-hybridized carbons (Fsp3) is 0.607. The maximum Gasteiger partial charge on any atom is 0.221 e. The summed E-state index contributed by atoms with van der Waals surface area (Å²) in [4.78, 5) is 14.1. The molecular formula is C28H43N3O. The second kappa shape index (κ2) is 10.7. The first-order valence-corrected chi connectivity index (χ1v) is 12.3. The molecule has 0 saturated carbocycles. The first-order chi connectivity index (χ1) is 15.1. The van der Waals surface area contributed by atoms with Gasteiger partial charge < -0.3 is 15.5 Å². The number of benzene rings is 1. The number of fused-ring (bicyclic) bond motifs is 1. The quantitative estimate of drug-likeness (QED) is 0.542. The van der Waals surface area contributed by atoms with Crippen molar-refractivity contribution in [1.29, 1.82) is 0 Å². The lowest BCUT2D eigenvalue weighted by Crippen LogP contribution is -2.37. The molecular weight excluding hydrogens is 394 g/mol. The Labute approximate surface area is 195 Å². The van der Waals surface area contributed by atoms with E-state index >= 15 is 0 Å². The highest BCUT2D eigenvalue weighted by Crippen LogP contribution is 2.37. The molecule has 1 aliphatic heterocycles. The van der Waals surface area contributed by atoms with Crippen LogP contribution in [0, 0.1) is 11.8 Å². The maximum absolute atomic E-state index is 12.1. The fourth-order valence-electron chi connectivity index (χ4n) is 4.76. The lowest BCUT2D eigenvalue weighted by atomic mass is 9.77. The van der Waals surface area contributed by atoms with Crippen molar-refractivity contribution >= 4 is 11.6 Å². The van der Waals surface area contributed by atoms with Crippen molar-refractivity contribution in [2.75, 3.05) is 32.5 Å². The summed E-state index contributed by atoms with van der Waals surface area (Å²) in [6.45, 7) is 10.7. The molecule has 0 fully saturated rings. The van der Waals surface area contributed by atoms with Gasteiger partial charge in [-0.25, -0.2) is 0 Å². The minimum absolute atomic E-state index is 0.155. The molecule has 32 heavy (non-hydrogen) atoms. The number of nitrogens with zero attached hydrogens (tertiary/aromatic N) is 1. The van der Waals surface area contributed by atoms with Crippen LogP contribution in [0.3, 0.4) is 0 Å². The monoisotopic (exact) mass is 437 g/mol. The fourth-order valence-corrected chi connectivity index (χ4v) is 4.76. The van der Waals surface area contributed by atoms with Crippen LogP contribution in [-0.2, 0) is 16.6 Å². The number of rotatable bonds is 8. The third kappa shape index (κ3) is 6.71. The van der Waals surface area contributed by atoms with Gasteiger partial charge in [-0.3, -0.25) is 4.79 Å². The zero-order valence-electron chi connectivity index (χ0n) is 21.0. The van der Waals surface area contributed by atoms with Crippen molar-refractivity contribution in [2.45, 2.75) is 71.3 Å². The first-order valence-electron chi connectivity index (χ1n) is 12.3. The molecule has 0 saturated heterocycles. The molecule has 1 amide bonds. The molecule has 1 aromatic carbocycles. The molecule has 2 aliphatic rings. The zero-order valence-corrected chi connectivity index (χ0v) is 21.0. The molecule has 2 N–H and O–H groups in total. The molecule has 1 aromatic rings. The largest absolute Gasteiger partial charge is 0.378 e. The SMILES string of the molecule is CC1C=C([C@@H]2Nc3ccc(C(C)(C)C)cc3C[C@H]2CCCNC(=O)CCN(C)C)C=CC1. The van der Waals surface area contributed by atoms with E-state index in [1.165, 1.54) is 22.4 Å². The van der Waals surface area contributed by atoms with Crippen molar-refractivity contribution in [3.8, 4) is 0 Å². The Morgan fingerprint density at radius 3 is 2.72 bits per heavy atom. The highest BCUT2D eigenvalue weighted by molar-refractivity contribution is 5.76. The summed E-state index contributed by atoms with van der Waals surface area (Å²) in [5.74, 6) is 1.28. The third-order valence-electron chi connectivity index (χ3n) is 6.75. The van der Waals surface area contributed by atoms with Gasteiger partial charge in [-0.2, -0.15) is 0 Å². The molecule has 1 unspecified atom stereocenters. The topological polar surface area (TPSA) is 44.4 Å². The second-order valence-corrected chi connectivity index (χ2v) is 11.0. The number of allylic oxidation sites excluding steroid dienone is 2. The van der Waals surface area contributed by atoms with Crippen LogP contribution < -0.4 is 10.6 Å². The van der Waals surface area contributed by atoms with Crippen LogP contribution in [0.15, 0.2) is 42.0 Å². The molecule has 0 bridgehead atoms. The molecule has 1 heterocycles. The van der Waals surface area contributed by atoms with E-state index in [9.17, 15) is 4.79 Å². The lowest BCUT2D eigenvalue weighted by molar-refractivity contribution is -0.121. The molecule has 4 nitrogen and oxygen atoms in total. The average molecular weight is 438 g/mol. The highest BCUT2D eigenvalue weighted by atomic mass is 16.1. The van der Waals surface area contributed by atoms with E-state index in [-0.39, 0.29) is 11.3 Å². The summed E-state index contributed by atoms with van der Waals surface area (Å²) < 4.78 is 0. The molecule has 1 aliphatic carbocycles. The van der Waals surface area contributed by atoms with Crippen LogP contribution in [0.25, 0.3) is 0 Å². The number of hydrogen-bond acceptors (Lipinski definition) is 3. The summed E-state index contributed by atoms with van der Waals surface area (Å²) in [6, 6.07) is 7.30. The van der Waals surface area contributed by atoms with Gasteiger partial charge in [-0.1, -0.05) is 58.1 Å². The van der Waals surface area contributed by atoms with Crippen molar-refractivity contribution in [1.82, 2.24) is 10.2 Å². The van der Waals surface area contributed by atoms with Gasteiger partial charge >= 0.3 is 0 Å². The van der Waals surface area contributed by atoms with Gasteiger partial charge in [-0.15, -0.1) is 0 Å². The number of anilines is 1. The average Bonchev–Trinajstić information content (AvgIpc) is 2.73. The van der Waals surface area contributed by atoms with Crippen LogP contribution in [0.2, 0.25) is 0 Å². The van der Waals surface area contributed by atoms with E-state index in [1.807, 2.05) is 19.0 Å². The van der Waals surface area contributed by atoms with Gasteiger partial charge in [0.05, 0.1) is 6.04 Å². The Morgan fingerprint density at radius 1 is 1.25 bits per heavy atom. The Bertz CT molecular complexity index is 847. The summed E-state index contributed by atoms with van der Waals surface area (Å²) in [6.07, 6.45) is 12.0. The van der Waals surface area contributed by atoms with E-state index in [0.29, 0.717) is 24.3 Å². The maximum atomic E-state index is 12.1. The van der Waals surface area contributed by atoms with Gasteiger partial charge in [0.1, 0.15) is 0 Å². The Balaban J connectivity index is 1.69. The molecule has 3 rings (SSSR count). The van der Waals surface area contributed by atoms with E-state index in [1.54, 1.807) is 0 Å². The van der Waals surface area contributed by atoms with Crippen molar-refractivity contribution in [3.63, 3.8) is 0 Å². The summed E-state index contributed by atoms with van der Waals surface area (Å²) in [5.41, 5.74) is 5.69. The predicted molar refractivity (Wildman–Crippen MR) is 136 cm³/mol. The highest BCUT2D eigenvalue weighted by Gasteiger charge is 2.31. The number of carbonyl (C=O) groups is 1. The third-order valence-corrected chi connectivity index (χ3v) is 6.75. The van der Waals surface area contributed by atoms with E-state index < -0.39 is 0 Å². The van der Waals surface area contributed by atoms with Crippen molar-refractivity contribution < 1.29 is 4.79 Å². The van der Waals surface area contributed by atoms with Gasteiger partial charge in [0.25, 0.3) is 0 Å². The number of carbonyl (C=O) groups excluding carboxylic acids is 1. The number of nitrogens with one attached hydrogen (secondary N) is 2. The second-order valence-electron chi connectivity index (χ2n) is 11.0. The Kier molecular flexibility index (Phi) is 8.21. The van der Waals surface area contributed by atoms with E-state index in [2.05, 4.69) is 74.8 Å². The van der Waals surface area contributed by atoms with Crippen molar-refractivity contribution in [2.24, 2.45) is 11.8 Å². The Hall–Kier alpha value is -2.07. The van der Waals surface area contributed by atoms with Crippen LogP contribution in [-0.4, -0.2) is 44.0 Å². The summed E-state index contributed by atoms with van der Waals surface area (Å²) in [5, 5.41) is 7.00. The molecule has 0 aromatic heterocycles. The summed E-state index contributed by atoms with van der Waals surface area (Å²) in [7, 11) is 4.00. The minimum Gasteiger partial charge on any atom is -0.378 e. The molecule has 0 spiro atoms. The van der Waals surface area contributed by atoms with Gasteiger partial charge in [0.2, 0.25) is 5.91 Å². The van der Waals surface area contributed by atoms with Crippen LogP contribution in [0.5, 0.6) is 0 Å². The lowest BCUT2D eigenvalue weighted by Gasteiger charge is -2.37. The number of amides is 1. The van der Waals surface area contributed by atoms with E-state index in [4.69, 9.17) is 0 Å². The first kappa shape index (κ1) is 24.6. The molecule has 0 radical (unpaired) electrons. The minimum atomic E-state index is 0.155. The molecule has 3 atom stereocenters. The summed E-state index contributed by atoms with van der Waals surface area (Å²) >= 11 is 0. The van der Waals surface area contributed by atoms with E-state index in [0.717, 1.165) is 38.8 Å². The van der Waals surface area contributed by atoms with Crippen LogP contribution >= 0.6 is 0 Å². The van der Waals surface area contributed by atoms with Gasteiger partial charge in [-0.05, 0) is 79.8 Å². The van der Waals surface area contributed by atoms with Crippen LogP contribution in [0.1, 0.15) is 64.5 Å². The zero-order chi connectivity index (χ0) is 23.3. The normalized spacial score (nSPS) is 22.8. The number of hydrogen-bond donors (Lipinski definition) is 2. The van der Waals surface area contributed by atoms with Crippen molar-refractivity contribution in [3.05, 3.63) is 53.1 Å². The predicted octanol–water partition coefficient (Wildman–Crippen LogP) is 5.31. The van der Waals surface area contributed by atoms with Gasteiger partial charge in [0.15, 0.2) is 0 Å². The smallest absolute Gasteiger partial charge is 0.221 e. The standard InChI is InChI=1S/C28H43N3O/c1-20-9-7-10-21(17-20)27-22(11-8-15-29-26(32)14-16-31(5)6)18-23-19-24(28(2,3)4)12-13-25(23)30-27/h7,10,12-13,17,19-20,22,27,30H,8-9,11,14-16,18H2,1-6H3,(H,29,32)/t20?,22-,27+/m1/s1. The molecule has 176 valence electrons. The molecule has 4 heteroatoms. The van der Waals surface area contributed by atoms with Crippen LogP contribution in [0.4, 0.5) is 5.69 Å². The van der Waals surface area contributed by atoms with Gasteiger partial charge in [0, 0.05) is 25.2 Å². The Morgan fingerprint density at radius 2 is 2.03 bits per heavy atom.